The van der Waals surface area contributed by atoms with E-state index in [2.05, 4.69) is 9.97 Å². The molecule has 0 aliphatic carbocycles. The van der Waals surface area contributed by atoms with E-state index in [0.717, 1.165) is 0 Å². The first-order valence-electron chi connectivity index (χ1n) is 3.66. The van der Waals surface area contributed by atoms with Crippen molar-refractivity contribution in [2.45, 2.75) is 6.43 Å². The molecule has 0 saturated carbocycles. The normalized spacial score (nSPS) is 10.5. The Morgan fingerprint density at radius 1 is 1.54 bits per heavy atom. The molecule has 0 aliphatic heterocycles. The smallest absolute Gasteiger partial charge is 0.255 e. The van der Waals surface area contributed by atoms with Crippen molar-refractivity contribution in [2.24, 2.45) is 0 Å². The fraction of sp³-hybridized carbons (Fsp3) is 0.429. The number of nitrogens with zero attached hydrogens (tertiary/aromatic N) is 3. The molecule has 1 rings (SSSR count). The Balaban J connectivity index is 2.71. The van der Waals surface area contributed by atoms with Crippen molar-refractivity contribution in [1.29, 1.82) is 0 Å². The van der Waals surface area contributed by atoms with Gasteiger partial charge in [0.05, 0.1) is 18.9 Å². The zero-order valence-electron chi connectivity index (χ0n) is 7.11. The minimum absolute atomic E-state index is 0.221. The minimum Gasteiger partial charge on any atom is -0.382 e. The summed E-state index contributed by atoms with van der Waals surface area (Å²) in [7, 11) is 1.51. The van der Waals surface area contributed by atoms with Crippen LogP contribution in [-0.4, -0.2) is 30.0 Å². The lowest BCUT2D eigenvalue weighted by Gasteiger charge is -2.16. The van der Waals surface area contributed by atoms with Gasteiger partial charge in [-0.15, -0.1) is 0 Å². The van der Waals surface area contributed by atoms with E-state index in [1.165, 1.54) is 24.3 Å². The third-order valence-electron chi connectivity index (χ3n) is 1.44. The largest absolute Gasteiger partial charge is 0.382 e. The molecule has 0 saturated heterocycles. The number of nitrogens with two attached hydrogens (primary N) is 1. The van der Waals surface area contributed by atoms with Crippen molar-refractivity contribution in [2.75, 3.05) is 24.2 Å². The van der Waals surface area contributed by atoms with Crippen molar-refractivity contribution in [3.63, 3.8) is 0 Å². The Kier molecular flexibility index (Phi) is 2.94. The maximum absolute atomic E-state index is 12.0. The molecule has 4 nitrogen and oxygen atoms in total. The number of halogens is 2. The van der Waals surface area contributed by atoms with Crippen LogP contribution in [0.15, 0.2) is 12.4 Å². The SMILES string of the molecule is CN(CC(F)F)c1cncc(N)n1. The molecule has 1 aromatic rings. The zero-order valence-corrected chi connectivity index (χ0v) is 7.11. The molecule has 0 radical (unpaired) electrons. The third-order valence-corrected chi connectivity index (χ3v) is 1.44. The predicted molar refractivity (Wildman–Crippen MR) is 45.7 cm³/mol. The predicted octanol–water partition coefficient (Wildman–Crippen LogP) is 0.760. The number of anilines is 2. The lowest BCUT2D eigenvalue weighted by Crippen LogP contribution is -2.25. The Bertz CT molecular complexity index is 279. The molecule has 0 spiro atoms. The van der Waals surface area contributed by atoms with Crippen molar-refractivity contribution >= 4 is 11.6 Å². The van der Waals surface area contributed by atoms with Crippen LogP contribution in [-0.2, 0) is 0 Å². The first-order valence-corrected chi connectivity index (χ1v) is 3.66. The maximum atomic E-state index is 12.0. The zero-order chi connectivity index (χ0) is 9.84. The van der Waals surface area contributed by atoms with E-state index in [9.17, 15) is 8.78 Å². The van der Waals surface area contributed by atoms with E-state index in [4.69, 9.17) is 5.73 Å². The molecule has 2 N–H and O–H groups in total. The Morgan fingerprint density at radius 3 is 2.77 bits per heavy atom. The van der Waals surface area contributed by atoms with Gasteiger partial charge in [-0.2, -0.15) is 0 Å². The van der Waals surface area contributed by atoms with Gasteiger partial charge in [0.25, 0.3) is 6.43 Å². The average Bonchev–Trinajstić information content (AvgIpc) is 2.03. The lowest BCUT2D eigenvalue weighted by molar-refractivity contribution is 0.156. The van der Waals surface area contributed by atoms with E-state index < -0.39 is 6.43 Å². The summed E-state index contributed by atoms with van der Waals surface area (Å²) in [6.45, 7) is -0.377. The second kappa shape index (κ2) is 3.97. The monoisotopic (exact) mass is 188 g/mol. The van der Waals surface area contributed by atoms with Crippen LogP contribution < -0.4 is 10.6 Å². The molecular formula is C7H10F2N4. The average molecular weight is 188 g/mol. The molecule has 0 bridgehead atoms. The van der Waals surface area contributed by atoms with Crippen molar-refractivity contribution < 1.29 is 8.78 Å². The molecule has 0 aliphatic rings. The highest BCUT2D eigenvalue weighted by atomic mass is 19.3. The van der Waals surface area contributed by atoms with Crippen LogP contribution in [0, 0.1) is 0 Å². The van der Waals surface area contributed by atoms with Gasteiger partial charge in [0.1, 0.15) is 11.6 Å². The topological polar surface area (TPSA) is 55.0 Å². The first kappa shape index (κ1) is 9.63. The van der Waals surface area contributed by atoms with Crippen LogP contribution in [0.5, 0.6) is 0 Å². The molecule has 13 heavy (non-hydrogen) atoms. The number of nitrogen functional groups attached to an aromatic ring is 1. The minimum atomic E-state index is -2.40. The fourth-order valence-electron chi connectivity index (χ4n) is 0.855. The van der Waals surface area contributed by atoms with E-state index in [0.29, 0.717) is 5.82 Å². The highest BCUT2D eigenvalue weighted by Gasteiger charge is 2.09. The summed E-state index contributed by atoms with van der Waals surface area (Å²) in [5.74, 6) is 0.568. The van der Waals surface area contributed by atoms with Crippen LogP contribution in [0.2, 0.25) is 0 Å². The van der Waals surface area contributed by atoms with Gasteiger partial charge in [-0.05, 0) is 0 Å². The molecule has 0 fully saturated rings. The number of hydrogen-bond donors (Lipinski definition) is 1. The molecule has 72 valence electrons. The quantitative estimate of drug-likeness (QED) is 0.760. The van der Waals surface area contributed by atoms with Gasteiger partial charge in [0, 0.05) is 7.05 Å². The van der Waals surface area contributed by atoms with Crippen LogP contribution in [0.3, 0.4) is 0 Å². The van der Waals surface area contributed by atoms with Gasteiger partial charge in [-0.25, -0.2) is 13.8 Å². The van der Waals surface area contributed by atoms with Crippen LogP contribution in [0.1, 0.15) is 0 Å². The highest BCUT2D eigenvalue weighted by molar-refractivity contribution is 5.40. The second-order valence-electron chi connectivity index (χ2n) is 2.57. The summed E-state index contributed by atoms with van der Waals surface area (Å²) in [5.41, 5.74) is 5.34. The Labute approximate surface area is 74.4 Å². The Morgan fingerprint density at radius 2 is 2.23 bits per heavy atom. The van der Waals surface area contributed by atoms with Gasteiger partial charge in [0.2, 0.25) is 0 Å². The summed E-state index contributed by atoms with van der Waals surface area (Å²) in [5, 5.41) is 0. The van der Waals surface area contributed by atoms with Gasteiger partial charge in [-0.3, -0.25) is 4.98 Å². The number of rotatable bonds is 3. The van der Waals surface area contributed by atoms with Gasteiger partial charge < -0.3 is 10.6 Å². The standard InChI is InChI=1S/C7H10F2N4/c1-13(4-5(8)9)7-3-11-2-6(10)12-7/h2-3,5H,4H2,1H3,(H2,10,12). The summed E-state index contributed by atoms with van der Waals surface area (Å²) < 4.78 is 23.9. The number of aromatic nitrogens is 2. The van der Waals surface area contributed by atoms with E-state index in [1.54, 1.807) is 0 Å². The summed E-state index contributed by atoms with van der Waals surface area (Å²) in [4.78, 5) is 8.87. The highest BCUT2D eigenvalue weighted by Crippen LogP contribution is 2.09. The molecule has 1 aromatic heterocycles. The van der Waals surface area contributed by atoms with Gasteiger partial charge in [-0.1, -0.05) is 0 Å². The van der Waals surface area contributed by atoms with E-state index >= 15 is 0 Å². The summed E-state index contributed by atoms with van der Waals surface area (Å²) >= 11 is 0. The Hall–Kier alpha value is -1.46. The molecule has 0 amide bonds. The third kappa shape index (κ3) is 2.81. The van der Waals surface area contributed by atoms with Gasteiger partial charge in [0.15, 0.2) is 0 Å². The number of hydrogen-bond acceptors (Lipinski definition) is 4. The summed E-state index contributed by atoms with van der Waals surface area (Å²) in [6, 6.07) is 0. The number of alkyl halides is 2. The van der Waals surface area contributed by atoms with Crippen molar-refractivity contribution in [3.8, 4) is 0 Å². The van der Waals surface area contributed by atoms with Crippen LogP contribution >= 0.6 is 0 Å². The van der Waals surface area contributed by atoms with Crippen LogP contribution in [0.4, 0.5) is 20.4 Å². The first-order chi connectivity index (χ1) is 6.09. The maximum Gasteiger partial charge on any atom is 0.255 e. The summed E-state index contributed by atoms with van der Waals surface area (Å²) in [6.07, 6.45) is 0.353. The molecule has 0 aromatic carbocycles. The molecular weight excluding hydrogens is 178 g/mol. The van der Waals surface area contributed by atoms with E-state index in [1.807, 2.05) is 0 Å². The van der Waals surface area contributed by atoms with E-state index in [-0.39, 0.29) is 12.4 Å². The van der Waals surface area contributed by atoms with Gasteiger partial charge >= 0.3 is 0 Å². The molecule has 0 unspecified atom stereocenters. The second-order valence-corrected chi connectivity index (χ2v) is 2.57. The molecule has 1 heterocycles. The molecule has 6 heteroatoms. The van der Waals surface area contributed by atoms with Crippen molar-refractivity contribution in [1.82, 2.24) is 9.97 Å². The fourth-order valence-corrected chi connectivity index (χ4v) is 0.855. The van der Waals surface area contributed by atoms with Crippen LogP contribution in [0.25, 0.3) is 0 Å². The lowest BCUT2D eigenvalue weighted by atomic mass is 10.5. The van der Waals surface area contributed by atoms with Crippen molar-refractivity contribution in [3.05, 3.63) is 12.4 Å². The molecule has 0 atom stereocenters.